The van der Waals surface area contributed by atoms with Crippen LogP contribution in [-0.2, 0) is 13.1 Å². The van der Waals surface area contributed by atoms with Gasteiger partial charge in [0.25, 0.3) is 5.56 Å². The normalized spacial score (nSPS) is 12.0. The number of allylic oxidation sites excluding steroid dienone is 1. The van der Waals surface area contributed by atoms with Crippen LogP contribution >= 0.6 is 0 Å². The first-order chi connectivity index (χ1) is 14.6. The Morgan fingerprint density at radius 2 is 1.55 bits per heavy atom. The van der Waals surface area contributed by atoms with Crippen molar-refractivity contribution in [3.8, 4) is 5.88 Å². The highest BCUT2D eigenvalue weighted by atomic mass is 19.2. The third-order valence-corrected chi connectivity index (χ3v) is 4.90. The van der Waals surface area contributed by atoms with Gasteiger partial charge >= 0.3 is 5.69 Å². The molecule has 1 aromatic heterocycles. The van der Waals surface area contributed by atoms with Gasteiger partial charge in [0.2, 0.25) is 5.88 Å². The van der Waals surface area contributed by atoms with Gasteiger partial charge in [-0.3, -0.25) is 13.9 Å². The summed E-state index contributed by atoms with van der Waals surface area (Å²) in [5.74, 6) is -5.38. The fraction of sp³-hybridized carbons (Fsp3) is 0.182. The van der Waals surface area contributed by atoms with Crippen LogP contribution in [0.25, 0.3) is 5.57 Å². The van der Waals surface area contributed by atoms with Crippen LogP contribution in [0.4, 0.5) is 17.6 Å². The van der Waals surface area contributed by atoms with E-state index in [0.29, 0.717) is 5.56 Å². The zero-order chi connectivity index (χ0) is 22.9. The number of nitrogens with zero attached hydrogens (tertiary/aromatic N) is 2. The summed E-state index contributed by atoms with van der Waals surface area (Å²) in [6.07, 6.45) is 0. The molecule has 162 valence electrons. The quantitative estimate of drug-likeness (QED) is 0.601. The van der Waals surface area contributed by atoms with Gasteiger partial charge in [-0.25, -0.2) is 22.4 Å². The summed E-state index contributed by atoms with van der Waals surface area (Å²) in [7, 11) is 0. The zero-order valence-electron chi connectivity index (χ0n) is 16.4. The molecule has 0 aliphatic heterocycles. The van der Waals surface area contributed by atoms with Crippen molar-refractivity contribution in [1.82, 2.24) is 9.13 Å². The summed E-state index contributed by atoms with van der Waals surface area (Å²) < 4.78 is 55.0. The number of aromatic hydroxyl groups is 1. The summed E-state index contributed by atoms with van der Waals surface area (Å²) in [6, 6.07) is 7.18. The predicted octanol–water partition coefficient (Wildman–Crippen LogP) is 3.79. The number of rotatable bonds is 6. The SMILES string of the molecule is C=C(Cn1c(O)cc(=O)n(CC(C)c2ccc(F)c(F)c2)c1=O)c1ccc(F)c(F)c1. The second-order valence-electron chi connectivity index (χ2n) is 7.13. The lowest BCUT2D eigenvalue weighted by Crippen LogP contribution is -2.40. The van der Waals surface area contributed by atoms with E-state index in [1.54, 1.807) is 6.92 Å². The van der Waals surface area contributed by atoms with Crippen molar-refractivity contribution in [2.75, 3.05) is 0 Å². The van der Waals surface area contributed by atoms with Gasteiger partial charge in [-0.2, -0.15) is 0 Å². The minimum atomic E-state index is -1.10. The van der Waals surface area contributed by atoms with Gasteiger partial charge in [0.05, 0.1) is 12.6 Å². The molecule has 0 bridgehead atoms. The Labute approximate surface area is 174 Å². The van der Waals surface area contributed by atoms with Gasteiger partial charge in [-0.1, -0.05) is 25.6 Å². The van der Waals surface area contributed by atoms with Crippen LogP contribution in [0, 0.1) is 23.3 Å². The molecule has 0 saturated heterocycles. The van der Waals surface area contributed by atoms with E-state index in [1.165, 1.54) is 12.1 Å². The summed E-state index contributed by atoms with van der Waals surface area (Å²) >= 11 is 0. The minimum absolute atomic E-state index is 0.166. The van der Waals surface area contributed by atoms with Crippen molar-refractivity contribution < 1.29 is 22.7 Å². The third kappa shape index (κ3) is 4.60. The Balaban J connectivity index is 1.93. The average Bonchev–Trinajstić information content (AvgIpc) is 2.72. The molecule has 0 spiro atoms. The molecule has 5 nitrogen and oxygen atoms in total. The molecule has 1 heterocycles. The Kier molecular flexibility index (Phi) is 6.14. The summed E-state index contributed by atoms with van der Waals surface area (Å²) in [5.41, 5.74) is -0.890. The van der Waals surface area contributed by atoms with E-state index >= 15 is 0 Å². The molecule has 9 heteroatoms. The van der Waals surface area contributed by atoms with E-state index in [-0.39, 0.29) is 24.2 Å². The largest absolute Gasteiger partial charge is 0.494 e. The Morgan fingerprint density at radius 3 is 2.16 bits per heavy atom. The second-order valence-corrected chi connectivity index (χ2v) is 7.13. The highest BCUT2D eigenvalue weighted by Crippen LogP contribution is 2.21. The van der Waals surface area contributed by atoms with Gasteiger partial charge < -0.3 is 5.11 Å². The Morgan fingerprint density at radius 1 is 0.935 bits per heavy atom. The fourth-order valence-electron chi connectivity index (χ4n) is 3.12. The van der Waals surface area contributed by atoms with E-state index in [0.717, 1.165) is 39.5 Å². The van der Waals surface area contributed by atoms with Gasteiger partial charge in [-0.15, -0.1) is 0 Å². The van der Waals surface area contributed by atoms with Crippen LogP contribution < -0.4 is 11.2 Å². The fourth-order valence-corrected chi connectivity index (χ4v) is 3.12. The Bertz CT molecular complexity index is 1280. The molecular weight excluding hydrogens is 416 g/mol. The smallest absolute Gasteiger partial charge is 0.334 e. The van der Waals surface area contributed by atoms with Crippen LogP contribution in [0.3, 0.4) is 0 Å². The molecule has 2 aromatic carbocycles. The molecule has 0 fully saturated rings. The van der Waals surface area contributed by atoms with E-state index in [4.69, 9.17) is 0 Å². The second kappa shape index (κ2) is 8.63. The maximum absolute atomic E-state index is 13.5. The number of hydrogen-bond acceptors (Lipinski definition) is 3. The van der Waals surface area contributed by atoms with Crippen molar-refractivity contribution in [1.29, 1.82) is 0 Å². The van der Waals surface area contributed by atoms with E-state index in [9.17, 15) is 32.3 Å². The van der Waals surface area contributed by atoms with Crippen molar-refractivity contribution in [3.05, 3.63) is 104 Å². The molecule has 0 aliphatic rings. The lowest BCUT2D eigenvalue weighted by Gasteiger charge is -2.17. The molecule has 3 aromatic rings. The summed E-state index contributed by atoms with van der Waals surface area (Å²) in [4.78, 5) is 25.1. The highest BCUT2D eigenvalue weighted by Gasteiger charge is 2.17. The molecule has 1 unspecified atom stereocenters. The summed E-state index contributed by atoms with van der Waals surface area (Å²) in [5, 5.41) is 10.1. The number of hydrogen-bond donors (Lipinski definition) is 1. The first-order valence-corrected chi connectivity index (χ1v) is 9.20. The van der Waals surface area contributed by atoms with Gasteiger partial charge in [0.1, 0.15) is 0 Å². The molecule has 1 atom stereocenters. The molecular formula is C22H18F4N2O3. The number of halogens is 4. The molecule has 0 radical (unpaired) electrons. The van der Waals surface area contributed by atoms with Crippen molar-refractivity contribution in [2.45, 2.75) is 25.9 Å². The van der Waals surface area contributed by atoms with Crippen molar-refractivity contribution >= 4 is 5.57 Å². The topological polar surface area (TPSA) is 64.2 Å². The van der Waals surface area contributed by atoms with Crippen LogP contribution in [0.2, 0.25) is 0 Å². The van der Waals surface area contributed by atoms with Crippen LogP contribution in [0.1, 0.15) is 24.0 Å². The van der Waals surface area contributed by atoms with E-state index < -0.39 is 46.3 Å². The minimum Gasteiger partial charge on any atom is -0.494 e. The van der Waals surface area contributed by atoms with Crippen LogP contribution in [0.15, 0.2) is 58.6 Å². The lowest BCUT2D eigenvalue weighted by atomic mass is 10.0. The molecule has 0 aliphatic carbocycles. The number of aromatic nitrogens is 2. The number of benzene rings is 2. The molecule has 31 heavy (non-hydrogen) atoms. The lowest BCUT2D eigenvalue weighted by molar-refractivity contribution is 0.397. The maximum atomic E-state index is 13.5. The van der Waals surface area contributed by atoms with Gasteiger partial charge in [0, 0.05) is 6.54 Å². The standard InChI is InChI=1S/C22H18F4N2O3/c1-12(14-3-5-16(23)18(25)7-14)10-27-20(29)9-21(30)28(22(27)31)11-13(2)15-4-6-17(24)19(26)8-15/h3-9,13,29H,1,10-11H2,2H3. The van der Waals surface area contributed by atoms with Gasteiger partial charge in [0.15, 0.2) is 23.3 Å². The van der Waals surface area contributed by atoms with Crippen molar-refractivity contribution in [3.63, 3.8) is 0 Å². The maximum Gasteiger partial charge on any atom is 0.334 e. The Hall–Kier alpha value is -3.62. The van der Waals surface area contributed by atoms with E-state index in [1.807, 2.05) is 0 Å². The van der Waals surface area contributed by atoms with Crippen LogP contribution in [-0.4, -0.2) is 14.2 Å². The van der Waals surface area contributed by atoms with Gasteiger partial charge in [-0.05, 0) is 46.9 Å². The molecule has 0 amide bonds. The zero-order valence-corrected chi connectivity index (χ0v) is 16.4. The summed E-state index contributed by atoms with van der Waals surface area (Å²) in [6.45, 7) is 4.89. The van der Waals surface area contributed by atoms with Crippen molar-refractivity contribution in [2.24, 2.45) is 0 Å². The average molecular weight is 434 g/mol. The monoisotopic (exact) mass is 434 g/mol. The molecule has 3 rings (SSSR count). The molecule has 0 saturated carbocycles. The van der Waals surface area contributed by atoms with Crippen LogP contribution in [0.5, 0.6) is 5.88 Å². The first-order valence-electron chi connectivity index (χ1n) is 9.20. The highest BCUT2D eigenvalue weighted by molar-refractivity contribution is 5.63. The third-order valence-electron chi connectivity index (χ3n) is 4.90. The molecule has 1 N–H and O–H groups in total. The van der Waals surface area contributed by atoms with E-state index in [2.05, 4.69) is 6.58 Å². The predicted molar refractivity (Wildman–Crippen MR) is 107 cm³/mol. The first kappa shape index (κ1) is 22.1.